The lowest BCUT2D eigenvalue weighted by atomic mass is 9.99. The Balaban J connectivity index is 2.26. The normalized spacial score (nSPS) is 20.7. The minimum atomic E-state index is -1.57. The first-order chi connectivity index (χ1) is 30.3. The first-order valence-electron chi connectivity index (χ1n) is 25.9. The Kier molecular flexibility index (Phi) is 40.4. The molecular weight excluding hydrogens is 779 g/mol. The van der Waals surface area contributed by atoms with Crippen LogP contribution in [-0.4, -0.2) is 87.5 Å². The number of carbonyl (C=O) groups is 1. The van der Waals surface area contributed by atoms with Crippen LogP contribution in [-0.2, 0) is 14.3 Å². The molecule has 0 aromatic rings. The topological polar surface area (TPSA) is 149 Å². The summed E-state index contributed by atoms with van der Waals surface area (Å²) in [5.41, 5.74) is 0. The molecule has 6 N–H and O–H groups in total. The van der Waals surface area contributed by atoms with Gasteiger partial charge in [-0.25, -0.2) is 0 Å². The molecule has 1 amide bonds. The quantitative estimate of drug-likeness (QED) is 0.0262. The lowest BCUT2D eigenvalue weighted by molar-refractivity contribution is -0.302. The average Bonchev–Trinajstić information content (AvgIpc) is 3.27. The van der Waals surface area contributed by atoms with Gasteiger partial charge in [0.15, 0.2) is 6.29 Å². The van der Waals surface area contributed by atoms with Crippen molar-refractivity contribution in [1.29, 1.82) is 0 Å². The maximum Gasteiger partial charge on any atom is 0.220 e. The first-order valence-corrected chi connectivity index (χ1v) is 25.9. The fraction of sp³-hybridized carbons (Fsp3) is 0.830. The van der Waals surface area contributed by atoms with Gasteiger partial charge in [0.05, 0.1) is 25.4 Å². The zero-order valence-electron chi connectivity index (χ0n) is 39.9. The Morgan fingerprint density at radius 1 is 0.548 bits per heavy atom. The molecule has 0 spiro atoms. The van der Waals surface area contributed by atoms with Crippen LogP contribution in [0.25, 0.3) is 0 Å². The van der Waals surface area contributed by atoms with Gasteiger partial charge in [-0.2, -0.15) is 0 Å². The highest BCUT2D eigenvalue weighted by Crippen LogP contribution is 2.23. The van der Waals surface area contributed by atoms with Crippen molar-refractivity contribution in [3.8, 4) is 0 Å². The van der Waals surface area contributed by atoms with Gasteiger partial charge in [0.2, 0.25) is 5.91 Å². The maximum absolute atomic E-state index is 13.0. The Hall–Kier alpha value is -1.85. The monoisotopic (exact) mass is 876 g/mol. The van der Waals surface area contributed by atoms with E-state index in [1.807, 2.05) is 6.08 Å². The highest BCUT2D eigenvalue weighted by Gasteiger charge is 2.44. The summed E-state index contributed by atoms with van der Waals surface area (Å²) in [6.07, 6.45) is 48.8. The molecule has 62 heavy (non-hydrogen) atoms. The second kappa shape index (κ2) is 43.1. The zero-order chi connectivity index (χ0) is 45.1. The van der Waals surface area contributed by atoms with Crippen molar-refractivity contribution in [1.82, 2.24) is 5.32 Å². The molecule has 1 aliphatic heterocycles. The Morgan fingerprint density at radius 2 is 0.968 bits per heavy atom. The summed E-state index contributed by atoms with van der Waals surface area (Å²) in [4.78, 5) is 13.0. The summed E-state index contributed by atoms with van der Waals surface area (Å²) >= 11 is 0. The number of rotatable bonds is 43. The third-order valence-electron chi connectivity index (χ3n) is 12.1. The van der Waals surface area contributed by atoms with Crippen LogP contribution in [0.3, 0.4) is 0 Å². The molecule has 1 saturated heterocycles. The van der Waals surface area contributed by atoms with Crippen LogP contribution >= 0.6 is 0 Å². The third-order valence-corrected chi connectivity index (χ3v) is 12.1. The molecule has 0 aliphatic carbocycles. The molecule has 362 valence electrons. The van der Waals surface area contributed by atoms with Gasteiger partial charge < -0.3 is 40.3 Å². The number of hydrogen-bond donors (Lipinski definition) is 6. The number of carbonyl (C=O) groups excluding carboxylic acids is 1. The van der Waals surface area contributed by atoms with Crippen LogP contribution in [0.4, 0.5) is 0 Å². The smallest absolute Gasteiger partial charge is 0.220 e. The number of nitrogens with one attached hydrogen (secondary N) is 1. The van der Waals surface area contributed by atoms with E-state index in [0.29, 0.717) is 6.42 Å². The summed E-state index contributed by atoms with van der Waals surface area (Å²) in [6, 6.07) is -0.821. The number of aliphatic hydroxyl groups is 5. The van der Waals surface area contributed by atoms with Gasteiger partial charge in [-0.3, -0.25) is 4.79 Å². The molecule has 7 unspecified atom stereocenters. The molecule has 0 bridgehead atoms. The lowest BCUT2D eigenvalue weighted by Gasteiger charge is -2.40. The molecule has 0 aromatic heterocycles. The van der Waals surface area contributed by atoms with Crippen LogP contribution in [0.2, 0.25) is 0 Å². The molecule has 0 aromatic carbocycles. The molecule has 1 heterocycles. The average molecular weight is 876 g/mol. The van der Waals surface area contributed by atoms with Crippen LogP contribution in [0, 0.1) is 0 Å². The van der Waals surface area contributed by atoms with E-state index in [1.165, 1.54) is 161 Å². The molecule has 0 saturated carbocycles. The van der Waals surface area contributed by atoms with Gasteiger partial charge in [-0.1, -0.05) is 204 Å². The lowest BCUT2D eigenvalue weighted by Crippen LogP contribution is -2.60. The molecule has 1 fully saturated rings. The van der Waals surface area contributed by atoms with Gasteiger partial charge in [-0.15, -0.1) is 0 Å². The van der Waals surface area contributed by atoms with E-state index >= 15 is 0 Å². The molecule has 0 radical (unpaired) electrons. The number of aliphatic hydroxyl groups excluding tert-OH is 5. The van der Waals surface area contributed by atoms with Crippen LogP contribution < -0.4 is 5.32 Å². The predicted octanol–water partition coefficient (Wildman–Crippen LogP) is 11.8. The number of ether oxygens (including phenoxy) is 2. The van der Waals surface area contributed by atoms with Crippen molar-refractivity contribution in [2.75, 3.05) is 13.2 Å². The van der Waals surface area contributed by atoms with Crippen LogP contribution in [0.15, 0.2) is 48.6 Å². The standard InChI is InChI=1S/C53H97NO8/c1-3-5-7-9-11-13-15-17-19-20-21-22-23-24-25-26-27-28-29-31-33-35-37-39-41-43-49(57)54-46(45-61-53-52(60)51(59)50(58)48(44-55)62-53)47(56)42-40-38-36-34-32-30-18-16-14-12-10-8-6-4-2/h15,17,20-21,32,34,40,42,46-48,50-53,55-56,58-60H,3-14,16,18-19,22-31,33,35-39,41,43-45H2,1-2H3,(H,54,57)/b17-15-,21-20-,34-32+,42-40+. The molecule has 7 atom stereocenters. The van der Waals surface area contributed by atoms with Crippen LogP contribution in [0.1, 0.15) is 226 Å². The minimum Gasteiger partial charge on any atom is -0.394 e. The number of allylic oxidation sites excluding steroid dienone is 7. The minimum absolute atomic E-state index is 0.188. The van der Waals surface area contributed by atoms with Crippen molar-refractivity contribution >= 4 is 5.91 Å². The highest BCUT2D eigenvalue weighted by atomic mass is 16.7. The summed E-state index contributed by atoms with van der Waals surface area (Å²) in [5, 5.41) is 54.3. The van der Waals surface area contributed by atoms with Crippen molar-refractivity contribution in [3.63, 3.8) is 0 Å². The molecular formula is C53H97NO8. The predicted molar refractivity (Wildman–Crippen MR) is 258 cm³/mol. The van der Waals surface area contributed by atoms with Gasteiger partial charge in [0.25, 0.3) is 0 Å². The van der Waals surface area contributed by atoms with Gasteiger partial charge in [-0.05, 0) is 64.2 Å². The van der Waals surface area contributed by atoms with Crippen molar-refractivity contribution < 1.29 is 39.8 Å². The van der Waals surface area contributed by atoms with Gasteiger partial charge >= 0.3 is 0 Å². The first kappa shape index (κ1) is 58.2. The van der Waals surface area contributed by atoms with E-state index in [0.717, 1.165) is 44.9 Å². The maximum atomic E-state index is 13.0. The third kappa shape index (κ3) is 32.8. The van der Waals surface area contributed by atoms with E-state index in [-0.39, 0.29) is 12.5 Å². The summed E-state index contributed by atoms with van der Waals surface area (Å²) < 4.78 is 11.2. The second-order valence-electron chi connectivity index (χ2n) is 18.0. The fourth-order valence-corrected chi connectivity index (χ4v) is 7.97. The van der Waals surface area contributed by atoms with Crippen LogP contribution in [0.5, 0.6) is 0 Å². The largest absolute Gasteiger partial charge is 0.394 e. The zero-order valence-corrected chi connectivity index (χ0v) is 39.9. The van der Waals surface area contributed by atoms with E-state index in [9.17, 15) is 30.3 Å². The molecule has 9 heteroatoms. The van der Waals surface area contributed by atoms with E-state index < -0.39 is 49.5 Å². The molecule has 1 rings (SSSR count). The van der Waals surface area contributed by atoms with E-state index in [4.69, 9.17) is 9.47 Å². The number of unbranched alkanes of at least 4 members (excludes halogenated alkanes) is 27. The van der Waals surface area contributed by atoms with E-state index in [2.05, 4.69) is 55.6 Å². The Bertz CT molecular complexity index is 1110. The van der Waals surface area contributed by atoms with Gasteiger partial charge in [0.1, 0.15) is 24.4 Å². The van der Waals surface area contributed by atoms with Crippen molar-refractivity contribution in [2.24, 2.45) is 0 Å². The number of hydrogen-bond acceptors (Lipinski definition) is 8. The summed E-state index contributed by atoms with van der Waals surface area (Å²) in [5.74, 6) is -0.188. The van der Waals surface area contributed by atoms with Crippen molar-refractivity contribution in [2.45, 2.75) is 269 Å². The SMILES string of the molecule is CCCCCCC/C=C\C/C=C\CCCCCCCCCCCCCCCC(=O)NC(COC1OC(CO)C(O)C(O)C1O)C(O)/C=C/CC/C=C/CCCCCCCCCC. The Morgan fingerprint density at radius 3 is 1.45 bits per heavy atom. The summed E-state index contributed by atoms with van der Waals surface area (Å²) in [7, 11) is 0. The highest BCUT2D eigenvalue weighted by molar-refractivity contribution is 5.76. The number of amides is 1. The summed E-state index contributed by atoms with van der Waals surface area (Å²) in [6.45, 7) is 3.74. The van der Waals surface area contributed by atoms with Gasteiger partial charge in [0, 0.05) is 6.42 Å². The fourth-order valence-electron chi connectivity index (χ4n) is 7.97. The molecule has 1 aliphatic rings. The van der Waals surface area contributed by atoms with E-state index in [1.54, 1.807) is 6.08 Å². The Labute approximate surface area is 380 Å². The van der Waals surface area contributed by atoms with Crippen molar-refractivity contribution in [3.05, 3.63) is 48.6 Å². The second-order valence-corrected chi connectivity index (χ2v) is 18.0. The molecule has 9 nitrogen and oxygen atoms in total.